The van der Waals surface area contributed by atoms with Crippen LogP contribution in [0.4, 0.5) is 17.1 Å². The van der Waals surface area contributed by atoms with E-state index in [4.69, 9.17) is 4.42 Å². The first-order valence-corrected chi connectivity index (χ1v) is 21.3. The average Bonchev–Trinajstić information content (AvgIpc) is 3.84. The van der Waals surface area contributed by atoms with Crippen molar-refractivity contribution in [3.8, 4) is 33.4 Å². The molecule has 57 heavy (non-hydrogen) atoms. The lowest BCUT2D eigenvalue weighted by molar-refractivity contribution is -0.0399. The second kappa shape index (κ2) is 11.4. The third kappa shape index (κ3) is 4.31. The highest BCUT2D eigenvalue weighted by Crippen LogP contribution is 2.69. The van der Waals surface area contributed by atoms with Gasteiger partial charge in [0, 0.05) is 38.7 Å². The molecule has 4 fully saturated rings. The summed E-state index contributed by atoms with van der Waals surface area (Å²) in [4.78, 5) is 2.51. The van der Waals surface area contributed by atoms with Crippen LogP contribution >= 0.6 is 0 Å². The summed E-state index contributed by atoms with van der Waals surface area (Å²) in [6.45, 7) is 4.77. The molecule has 7 aromatic carbocycles. The number of fused-ring (bicyclic) bond motifs is 9. The number of nitrogens with zero attached hydrogens (tertiary/aromatic N) is 1. The molecule has 2 heteroatoms. The Bertz CT molecular complexity index is 2930. The Kier molecular flexibility index (Phi) is 6.44. The van der Waals surface area contributed by atoms with Crippen molar-refractivity contribution in [1.82, 2.24) is 0 Å². The lowest BCUT2D eigenvalue weighted by Gasteiger charge is -2.61. The molecule has 14 rings (SSSR count). The number of hydrogen-bond acceptors (Lipinski definition) is 2. The predicted molar refractivity (Wildman–Crippen MR) is 235 cm³/mol. The number of para-hydroxylation sites is 1. The lowest BCUT2D eigenvalue weighted by atomic mass is 9.43. The highest BCUT2D eigenvalue weighted by molar-refractivity contribution is 6.06. The quantitative estimate of drug-likeness (QED) is 0.179. The van der Waals surface area contributed by atoms with Crippen LogP contribution < -0.4 is 4.90 Å². The molecule has 8 aromatic rings. The molecule has 6 aliphatic rings. The molecule has 0 atom stereocenters. The molecule has 0 amide bonds. The summed E-state index contributed by atoms with van der Waals surface area (Å²) in [7, 11) is 0. The van der Waals surface area contributed by atoms with Gasteiger partial charge in [-0.15, -0.1) is 0 Å². The summed E-state index contributed by atoms with van der Waals surface area (Å²) in [5.41, 5.74) is 19.5. The number of anilines is 3. The minimum Gasteiger partial charge on any atom is -0.456 e. The number of furan rings is 1. The van der Waals surface area contributed by atoms with Crippen molar-refractivity contribution in [1.29, 1.82) is 0 Å². The summed E-state index contributed by atoms with van der Waals surface area (Å²) in [5, 5.41) is 2.32. The van der Waals surface area contributed by atoms with Crippen LogP contribution in [0.2, 0.25) is 0 Å². The first kappa shape index (κ1) is 32.2. The minimum atomic E-state index is -0.0872. The zero-order valence-corrected chi connectivity index (χ0v) is 32.6. The van der Waals surface area contributed by atoms with E-state index in [0.29, 0.717) is 0 Å². The minimum absolute atomic E-state index is 0.0872. The van der Waals surface area contributed by atoms with Gasteiger partial charge in [-0.05, 0) is 166 Å². The van der Waals surface area contributed by atoms with Crippen molar-refractivity contribution >= 4 is 39.0 Å². The monoisotopic (exact) mass is 735 g/mol. The van der Waals surface area contributed by atoms with Gasteiger partial charge in [0.2, 0.25) is 0 Å². The van der Waals surface area contributed by atoms with Gasteiger partial charge in [0.15, 0.2) is 0 Å². The Labute approximate surface area is 334 Å². The van der Waals surface area contributed by atoms with Crippen LogP contribution in [0.3, 0.4) is 0 Å². The second-order valence-electron chi connectivity index (χ2n) is 18.5. The van der Waals surface area contributed by atoms with Crippen molar-refractivity contribution in [3.63, 3.8) is 0 Å². The normalized spacial score (nSPS) is 24.2. The molecule has 1 aromatic heterocycles. The largest absolute Gasteiger partial charge is 0.456 e. The average molecular weight is 736 g/mol. The first-order chi connectivity index (χ1) is 27.9. The van der Waals surface area contributed by atoms with Gasteiger partial charge in [-0.1, -0.05) is 111 Å². The molecular formula is C55H45NO. The van der Waals surface area contributed by atoms with Gasteiger partial charge in [-0.25, -0.2) is 0 Å². The maximum absolute atomic E-state index is 6.17. The highest BCUT2D eigenvalue weighted by Gasteiger charge is 2.61. The van der Waals surface area contributed by atoms with E-state index in [-0.39, 0.29) is 10.8 Å². The topological polar surface area (TPSA) is 16.4 Å². The molecule has 0 unspecified atom stereocenters. The van der Waals surface area contributed by atoms with Crippen molar-refractivity contribution < 1.29 is 4.42 Å². The maximum Gasteiger partial charge on any atom is 0.135 e. The van der Waals surface area contributed by atoms with Gasteiger partial charge in [-0.3, -0.25) is 0 Å². The zero-order valence-electron chi connectivity index (χ0n) is 32.6. The molecule has 0 aliphatic heterocycles. The van der Waals surface area contributed by atoms with E-state index in [1.54, 1.807) is 11.1 Å². The van der Waals surface area contributed by atoms with Gasteiger partial charge in [0.25, 0.3) is 0 Å². The van der Waals surface area contributed by atoms with Crippen LogP contribution in [0.1, 0.15) is 68.2 Å². The van der Waals surface area contributed by atoms with Crippen LogP contribution in [0.25, 0.3) is 55.3 Å². The molecule has 0 saturated heterocycles. The van der Waals surface area contributed by atoms with Gasteiger partial charge < -0.3 is 9.32 Å². The lowest BCUT2D eigenvalue weighted by Crippen LogP contribution is -2.55. The Morgan fingerprint density at radius 3 is 1.81 bits per heavy atom. The summed E-state index contributed by atoms with van der Waals surface area (Å²) in [5.74, 6) is 3.38. The maximum atomic E-state index is 6.17. The summed E-state index contributed by atoms with van der Waals surface area (Å²) in [6.07, 6.45) is 7.08. The van der Waals surface area contributed by atoms with Crippen molar-refractivity contribution in [2.24, 2.45) is 23.7 Å². The number of rotatable bonds is 4. The third-order valence-corrected chi connectivity index (χ3v) is 15.5. The first-order valence-electron chi connectivity index (χ1n) is 21.3. The standard InChI is InChI=1S/C55H45NO/c1-54(2)48-12-6-3-9-42(48)44-22-20-41(32-51(44)54)56(39-18-15-35(16-19-39)36-17-24-53-47(30-36)45-11-5-8-14-52(45)57-53)40-21-23-50-46(31-40)43-10-4-7-13-49(43)55(50)37-26-33-25-34(28-37)29-38(55)27-33/h3-24,30-34,37-38H,25-29H2,1-2H3. The van der Waals surface area contributed by atoms with E-state index in [2.05, 4.69) is 164 Å². The van der Waals surface area contributed by atoms with Gasteiger partial charge in [0.05, 0.1) is 0 Å². The molecule has 0 radical (unpaired) electrons. The molecule has 6 aliphatic carbocycles. The molecule has 4 bridgehead atoms. The molecule has 4 saturated carbocycles. The van der Waals surface area contributed by atoms with E-state index in [9.17, 15) is 0 Å². The molecule has 0 N–H and O–H groups in total. The summed E-state index contributed by atoms with van der Waals surface area (Å²) >= 11 is 0. The van der Waals surface area contributed by atoms with Gasteiger partial charge in [0.1, 0.15) is 11.2 Å². The fourth-order valence-electron chi connectivity index (χ4n) is 13.3. The fraction of sp³-hybridized carbons (Fsp3) is 0.236. The summed E-state index contributed by atoms with van der Waals surface area (Å²) < 4.78 is 6.17. The molecule has 276 valence electrons. The molecule has 2 nitrogen and oxygen atoms in total. The second-order valence-corrected chi connectivity index (χ2v) is 18.5. The van der Waals surface area contributed by atoms with E-state index in [1.807, 2.05) is 6.07 Å². The van der Waals surface area contributed by atoms with Crippen LogP contribution in [-0.2, 0) is 10.8 Å². The molecule has 1 spiro atoms. The van der Waals surface area contributed by atoms with Crippen LogP contribution in [-0.4, -0.2) is 0 Å². The Morgan fingerprint density at radius 2 is 1.02 bits per heavy atom. The SMILES string of the molecule is CC1(C)c2ccccc2-c2ccc(N(c3ccc(-c4ccc5oc6ccccc6c5c4)cc3)c3ccc4c(c3)-c3ccccc3C43C4CC5CC(C4)CC3C5)cc21. The number of hydrogen-bond donors (Lipinski definition) is 0. The highest BCUT2D eigenvalue weighted by atomic mass is 16.3. The Balaban J connectivity index is 0.968. The third-order valence-electron chi connectivity index (χ3n) is 15.5. The van der Waals surface area contributed by atoms with Gasteiger partial charge >= 0.3 is 0 Å². The smallest absolute Gasteiger partial charge is 0.135 e. The van der Waals surface area contributed by atoms with Gasteiger partial charge in [-0.2, -0.15) is 0 Å². The van der Waals surface area contributed by atoms with Crippen LogP contribution in [0.5, 0.6) is 0 Å². The molecule has 1 heterocycles. The zero-order chi connectivity index (χ0) is 37.6. The van der Waals surface area contributed by atoms with Crippen LogP contribution in [0.15, 0.2) is 156 Å². The predicted octanol–water partition coefficient (Wildman–Crippen LogP) is 14.8. The van der Waals surface area contributed by atoms with E-state index < -0.39 is 0 Å². The van der Waals surface area contributed by atoms with Crippen molar-refractivity contribution in [2.45, 2.75) is 56.8 Å². The van der Waals surface area contributed by atoms with E-state index in [0.717, 1.165) is 51.3 Å². The summed E-state index contributed by atoms with van der Waals surface area (Å²) in [6, 6.07) is 57.4. The fourth-order valence-corrected chi connectivity index (χ4v) is 13.3. The number of benzene rings is 7. The van der Waals surface area contributed by atoms with E-state index in [1.165, 1.54) is 88.0 Å². The van der Waals surface area contributed by atoms with Crippen molar-refractivity contribution in [2.75, 3.05) is 4.90 Å². The Morgan fingerprint density at radius 1 is 0.439 bits per heavy atom. The Hall–Kier alpha value is -5.86. The van der Waals surface area contributed by atoms with Crippen molar-refractivity contribution in [3.05, 3.63) is 174 Å². The van der Waals surface area contributed by atoms with Crippen LogP contribution in [0, 0.1) is 23.7 Å². The molecular weight excluding hydrogens is 691 g/mol. The van der Waals surface area contributed by atoms with E-state index >= 15 is 0 Å².